The number of anilines is 1. The van der Waals surface area contributed by atoms with Crippen LogP contribution in [0.1, 0.15) is 19.8 Å². The molecule has 0 aliphatic carbocycles. The quantitative estimate of drug-likeness (QED) is 0.718. The Labute approximate surface area is 170 Å². The van der Waals surface area contributed by atoms with E-state index in [9.17, 15) is 9.59 Å². The zero-order valence-corrected chi connectivity index (χ0v) is 16.9. The Balaban J connectivity index is 1.40. The van der Waals surface area contributed by atoms with Gasteiger partial charge in [0.2, 0.25) is 5.91 Å². The van der Waals surface area contributed by atoms with Gasteiger partial charge in [0.25, 0.3) is 0 Å². The summed E-state index contributed by atoms with van der Waals surface area (Å²) in [7, 11) is 0. The van der Waals surface area contributed by atoms with Crippen LogP contribution in [-0.2, 0) is 9.53 Å². The smallest absolute Gasteiger partial charge is 0.324 e. The number of hydrogen-bond donors (Lipinski definition) is 0. The lowest BCUT2D eigenvalue weighted by molar-refractivity contribution is -0.141. The second kappa shape index (κ2) is 8.17. The molecular weight excluding hydrogens is 382 g/mol. The van der Waals surface area contributed by atoms with Gasteiger partial charge in [-0.05, 0) is 38.0 Å². The first-order chi connectivity index (χ1) is 13.5. The summed E-state index contributed by atoms with van der Waals surface area (Å²) in [5.74, 6) is 0.869. The monoisotopic (exact) mass is 407 g/mol. The molecule has 1 aromatic carbocycles. The number of halogens is 1. The van der Waals surface area contributed by atoms with Crippen molar-refractivity contribution in [1.82, 2.24) is 9.80 Å². The van der Waals surface area contributed by atoms with Crippen molar-refractivity contribution < 1.29 is 19.1 Å². The summed E-state index contributed by atoms with van der Waals surface area (Å²) >= 11 is 6.14. The van der Waals surface area contributed by atoms with Gasteiger partial charge in [-0.1, -0.05) is 11.6 Å². The number of nitrogens with zero attached hydrogens (tertiary/aromatic N) is 3. The minimum atomic E-state index is -0.0851. The van der Waals surface area contributed by atoms with Crippen molar-refractivity contribution in [3.05, 3.63) is 23.2 Å². The minimum absolute atomic E-state index is 0.00695. The van der Waals surface area contributed by atoms with E-state index in [1.807, 2.05) is 16.7 Å². The van der Waals surface area contributed by atoms with Crippen LogP contribution in [0.25, 0.3) is 0 Å². The Morgan fingerprint density at radius 2 is 1.79 bits per heavy atom. The van der Waals surface area contributed by atoms with Gasteiger partial charge in [-0.3, -0.25) is 9.69 Å². The van der Waals surface area contributed by atoms with Gasteiger partial charge < -0.3 is 19.3 Å². The van der Waals surface area contributed by atoms with Gasteiger partial charge >= 0.3 is 6.03 Å². The van der Waals surface area contributed by atoms with Crippen molar-refractivity contribution in [3.8, 4) is 5.75 Å². The van der Waals surface area contributed by atoms with Crippen LogP contribution in [0, 0.1) is 5.92 Å². The Morgan fingerprint density at radius 3 is 2.50 bits per heavy atom. The predicted octanol–water partition coefficient (Wildman–Crippen LogP) is 2.62. The van der Waals surface area contributed by atoms with Gasteiger partial charge in [-0.15, -0.1) is 0 Å². The molecular formula is C20H26ClN3O4. The molecule has 3 heterocycles. The highest BCUT2D eigenvalue weighted by atomic mass is 35.5. The maximum Gasteiger partial charge on any atom is 0.324 e. The third-order valence-corrected chi connectivity index (χ3v) is 5.88. The van der Waals surface area contributed by atoms with Gasteiger partial charge in [0.05, 0.1) is 25.4 Å². The van der Waals surface area contributed by atoms with Crippen molar-refractivity contribution in [2.24, 2.45) is 5.92 Å². The number of hydrogen-bond acceptors (Lipinski definition) is 4. The number of benzene rings is 1. The average molecular weight is 408 g/mol. The predicted molar refractivity (Wildman–Crippen MR) is 106 cm³/mol. The van der Waals surface area contributed by atoms with Crippen LogP contribution >= 0.6 is 11.6 Å². The van der Waals surface area contributed by atoms with Gasteiger partial charge in [0, 0.05) is 37.1 Å². The number of amides is 3. The lowest BCUT2D eigenvalue weighted by Gasteiger charge is -2.40. The normalized spacial score (nSPS) is 23.2. The van der Waals surface area contributed by atoms with E-state index in [1.165, 1.54) is 0 Å². The molecule has 3 aliphatic heterocycles. The number of morpholine rings is 1. The number of rotatable bonds is 1. The van der Waals surface area contributed by atoms with Crippen LogP contribution in [0.4, 0.5) is 10.5 Å². The summed E-state index contributed by atoms with van der Waals surface area (Å²) in [6, 6.07) is 5.30. The fourth-order valence-corrected chi connectivity index (χ4v) is 4.29. The van der Waals surface area contributed by atoms with E-state index in [4.69, 9.17) is 21.1 Å². The number of urea groups is 1. The third-order valence-electron chi connectivity index (χ3n) is 5.65. The van der Waals surface area contributed by atoms with Crippen LogP contribution in [-0.4, -0.2) is 73.8 Å². The summed E-state index contributed by atoms with van der Waals surface area (Å²) in [5, 5.41) is 0.574. The Morgan fingerprint density at radius 1 is 1.07 bits per heavy atom. The number of likely N-dealkylation sites (tertiary alicyclic amines) is 1. The summed E-state index contributed by atoms with van der Waals surface area (Å²) in [4.78, 5) is 31.4. The highest BCUT2D eigenvalue weighted by molar-refractivity contribution is 6.31. The lowest BCUT2D eigenvalue weighted by atomic mass is 9.95. The van der Waals surface area contributed by atoms with Crippen LogP contribution in [0.2, 0.25) is 5.02 Å². The molecule has 0 spiro atoms. The molecule has 152 valence electrons. The largest absolute Gasteiger partial charge is 0.487 e. The highest BCUT2D eigenvalue weighted by Crippen LogP contribution is 2.36. The molecule has 0 bridgehead atoms. The Kier molecular flexibility index (Phi) is 5.64. The van der Waals surface area contributed by atoms with E-state index < -0.39 is 0 Å². The first-order valence-corrected chi connectivity index (χ1v) is 10.3. The van der Waals surface area contributed by atoms with Crippen molar-refractivity contribution >= 4 is 29.2 Å². The third kappa shape index (κ3) is 3.91. The van der Waals surface area contributed by atoms with Crippen LogP contribution in [0.15, 0.2) is 18.2 Å². The fraction of sp³-hybridized carbons (Fsp3) is 0.600. The van der Waals surface area contributed by atoms with Gasteiger partial charge in [-0.2, -0.15) is 0 Å². The molecule has 8 heteroatoms. The zero-order valence-electron chi connectivity index (χ0n) is 16.1. The molecule has 7 nitrogen and oxygen atoms in total. The van der Waals surface area contributed by atoms with E-state index in [1.54, 1.807) is 23.1 Å². The Hall–Kier alpha value is -1.99. The molecule has 0 radical (unpaired) electrons. The Bertz CT molecular complexity index is 745. The van der Waals surface area contributed by atoms with E-state index in [-0.39, 0.29) is 24.0 Å². The second-order valence-corrected chi connectivity index (χ2v) is 8.07. The summed E-state index contributed by atoms with van der Waals surface area (Å²) in [6.45, 7) is 6.16. The maximum atomic E-state index is 13.2. The molecule has 1 aromatic rings. The molecule has 0 unspecified atom stereocenters. The standard InChI is InChI=1S/C20H26ClN3O4/c1-14-13-24(17-12-16(21)2-3-18(17)28-14)20(26)23-6-4-15(5-7-23)19(25)22-8-10-27-11-9-22/h2-3,12,14-15H,4-11,13H2,1H3/t14-/m1/s1. The number of fused-ring (bicyclic) bond motifs is 1. The van der Waals surface area contributed by atoms with Gasteiger partial charge in [-0.25, -0.2) is 4.79 Å². The minimum Gasteiger partial charge on any atom is -0.487 e. The van der Waals surface area contributed by atoms with E-state index in [2.05, 4.69) is 0 Å². The maximum absolute atomic E-state index is 13.2. The molecule has 4 rings (SSSR count). The summed E-state index contributed by atoms with van der Waals surface area (Å²) in [5.41, 5.74) is 0.710. The van der Waals surface area contributed by atoms with Gasteiger partial charge in [0.15, 0.2) is 0 Å². The summed E-state index contributed by atoms with van der Waals surface area (Å²) in [6.07, 6.45) is 1.31. The lowest BCUT2D eigenvalue weighted by Crippen LogP contribution is -2.52. The fourth-order valence-electron chi connectivity index (χ4n) is 4.12. The van der Waals surface area contributed by atoms with Crippen molar-refractivity contribution in [2.45, 2.75) is 25.9 Å². The molecule has 0 aromatic heterocycles. The number of ether oxygens (including phenoxy) is 2. The average Bonchev–Trinajstić information content (AvgIpc) is 2.73. The van der Waals surface area contributed by atoms with Crippen LogP contribution in [0.3, 0.4) is 0 Å². The number of piperidine rings is 1. The topological polar surface area (TPSA) is 62.3 Å². The second-order valence-electron chi connectivity index (χ2n) is 7.63. The van der Waals surface area contributed by atoms with Gasteiger partial charge in [0.1, 0.15) is 11.9 Å². The van der Waals surface area contributed by atoms with E-state index in [0.29, 0.717) is 75.2 Å². The first-order valence-electron chi connectivity index (χ1n) is 9.92. The molecule has 1 atom stereocenters. The van der Waals surface area contributed by atoms with Crippen molar-refractivity contribution in [3.63, 3.8) is 0 Å². The molecule has 28 heavy (non-hydrogen) atoms. The molecule has 3 amide bonds. The zero-order chi connectivity index (χ0) is 19.7. The van der Waals surface area contributed by atoms with Crippen molar-refractivity contribution in [1.29, 1.82) is 0 Å². The van der Waals surface area contributed by atoms with E-state index >= 15 is 0 Å². The SMILES string of the molecule is C[C@@H]1CN(C(=O)N2CCC(C(=O)N3CCOCC3)CC2)c2cc(Cl)ccc2O1. The van der Waals surface area contributed by atoms with Crippen LogP contribution < -0.4 is 9.64 Å². The molecule has 2 saturated heterocycles. The van der Waals surface area contributed by atoms with Crippen molar-refractivity contribution in [2.75, 3.05) is 50.8 Å². The number of carbonyl (C=O) groups is 2. The molecule has 2 fully saturated rings. The van der Waals surface area contributed by atoms with E-state index in [0.717, 1.165) is 0 Å². The molecule has 0 saturated carbocycles. The molecule has 0 N–H and O–H groups in total. The highest BCUT2D eigenvalue weighted by Gasteiger charge is 2.35. The first kappa shape index (κ1) is 19.3. The number of carbonyl (C=O) groups excluding carboxylic acids is 2. The summed E-state index contributed by atoms with van der Waals surface area (Å²) < 4.78 is 11.2. The molecule has 3 aliphatic rings. The van der Waals surface area contributed by atoms with Crippen LogP contribution in [0.5, 0.6) is 5.75 Å².